The van der Waals surface area contributed by atoms with E-state index in [-0.39, 0.29) is 5.91 Å². The summed E-state index contributed by atoms with van der Waals surface area (Å²) in [5, 5.41) is 6.58. The molecule has 5 heteroatoms. The first-order valence-electron chi connectivity index (χ1n) is 6.47. The maximum atomic E-state index is 11.9. The molecular formula is C14H19ClN2O2. The SMILES string of the molecule is Cc1ccc(Cl)c(OC(C)C(=O)NCC2CNC2)c1. The first kappa shape index (κ1) is 14.2. The highest BCUT2D eigenvalue weighted by molar-refractivity contribution is 6.32. The van der Waals surface area contributed by atoms with Crippen LogP contribution >= 0.6 is 11.6 Å². The Labute approximate surface area is 118 Å². The quantitative estimate of drug-likeness (QED) is 0.865. The van der Waals surface area contributed by atoms with E-state index in [9.17, 15) is 4.79 Å². The third kappa shape index (κ3) is 3.85. The minimum absolute atomic E-state index is 0.107. The van der Waals surface area contributed by atoms with Crippen LogP contribution in [0.1, 0.15) is 12.5 Å². The molecule has 1 aliphatic rings. The van der Waals surface area contributed by atoms with Crippen LogP contribution in [0, 0.1) is 12.8 Å². The lowest BCUT2D eigenvalue weighted by Gasteiger charge is -2.27. The Balaban J connectivity index is 1.86. The fourth-order valence-corrected chi connectivity index (χ4v) is 1.99. The summed E-state index contributed by atoms with van der Waals surface area (Å²) in [5.74, 6) is 0.984. The second kappa shape index (κ2) is 6.26. The second-order valence-electron chi connectivity index (χ2n) is 4.96. The Hall–Kier alpha value is -1.26. The van der Waals surface area contributed by atoms with Crippen molar-refractivity contribution in [2.45, 2.75) is 20.0 Å². The fraction of sp³-hybridized carbons (Fsp3) is 0.500. The van der Waals surface area contributed by atoms with Crippen LogP contribution in [-0.2, 0) is 4.79 Å². The third-order valence-electron chi connectivity index (χ3n) is 3.19. The predicted molar refractivity (Wildman–Crippen MR) is 75.6 cm³/mol. The van der Waals surface area contributed by atoms with Gasteiger partial charge in [-0.3, -0.25) is 4.79 Å². The number of halogens is 1. The maximum Gasteiger partial charge on any atom is 0.260 e. The van der Waals surface area contributed by atoms with Gasteiger partial charge in [0.1, 0.15) is 5.75 Å². The lowest BCUT2D eigenvalue weighted by molar-refractivity contribution is -0.127. The van der Waals surface area contributed by atoms with Gasteiger partial charge in [-0.25, -0.2) is 0 Å². The number of hydrogen-bond acceptors (Lipinski definition) is 3. The lowest BCUT2D eigenvalue weighted by atomic mass is 10.0. The largest absolute Gasteiger partial charge is 0.479 e. The highest BCUT2D eigenvalue weighted by atomic mass is 35.5. The van der Waals surface area contributed by atoms with E-state index in [1.165, 1.54) is 0 Å². The molecular weight excluding hydrogens is 264 g/mol. The lowest BCUT2D eigenvalue weighted by Crippen LogP contribution is -2.49. The topological polar surface area (TPSA) is 50.4 Å². The summed E-state index contributed by atoms with van der Waals surface area (Å²) in [6.45, 7) is 6.32. The number of benzene rings is 1. The van der Waals surface area contributed by atoms with Crippen LogP contribution in [0.4, 0.5) is 0 Å². The zero-order valence-electron chi connectivity index (χ0n) is 11.2. The molecule has 2 N–H and O–H groups in total. The molecule has 1 heterocycles. The van der Waals surface area contributed by atoms with Crippen molar-refractivity contribution < 1.29 is 9.53 Å². The zero-order chi connectivity index (χ0) is 13.8. The molecule has 1 aromatic rings. The predicted octanol–water partition coefficient (Wildman–Crippen LogP) is 1.75. The van der Waals surface area contributed by atoms with Crippen molar-refractivity contribution >= 4 is 17.5 Å². The minimum atomic E-state index is -0.549. The van der Waals surface area contributed by atoms with Gasteiger partial charge >= 0.3 is 0 Å². The molecule has 0 aliphatic carbocycles. The van der Waals surface area contributed by atoms with Crippen LogP contribution in [-0.4, -0.2) is 31.6 Å². The van der Waals surface area contributed by atoms with Crippen molar-refractivity contribution in [3.8, 4) is 5.75 Å². The fourth-order valence-electron chi connectivity index (χ4n) is 1.83. The Bertz CT molecular complexity index is 461. The highest BCUT2D eigenvalue weighted by Crippen LogP contribution is 2.26. The van der Waals surface area contributed by atoms with Crippen LogP contribution in [0.5, 0.6) is 5.75 Å². The Morgan fingerprint density at radius 1 is 1.58 bits per heavy atom. The molecule has 104 valence electrons. The Morgan fingerprint density at radius 2 is 2.32 bits per heavy atom. The van der Waals surface area contributed by atoms with Gasteiger partial charge in [0, 0.05) is 25.6 Å². The number of carbonyl (C=O) groups excluding carboxylic acids is 1. The second-order valence-corrected chi connectivity index (χ2v) is 5.37. The number of carbonyl (C=O) groups is 1. The Kier molecular flexibility index (Phi) is 4.66. The average Bonchev–Trinajstić information content (AvgIpc) is 2.31. The van der Waals surface area contributed by atoms with E-state index in [1.54, 1.807) is 13.0 Å². The number of amides is 1. The minimum Gasteiger partial charge on any atom is -0.479 e. The van der Waals surface area contributed by atoms with Gasteiger partial charge in [-0.2, -0.15) is 0 Å². The maximum absolute atomic E-state index is 11.9. The molecule has 1 atom stereocenters. The first-order valence-corrected chi connectivity index (χ1v) is 6.85. The van der Waals surface area contributed by atoms with Crippen molar-refractivity contribution in [1.29, 1.82) is 0 Å². The standard InChI is InChI=1S/C14H19ClN2O2/c1-9-3-4-12(15)13(5-9)19-10(2)14(18)17-8-11-6-16-7-11/h3-5,10-11,16H,6-8H2,1-2H3,(H,17,18). The molecule has 0 spiro atoms. The summed E-state index contributed by atoms with van der Waals surface area (Å²) >= 11 is 6.04. The number of ether oxygens (including phenoxy) is 1. The van der Waals surface area contributed by atoms with Gasteiger partial charge < -0.3 is 15.4 Å². The van der Waals surface area contributed by atoms with Gasteiger partial charge in [0.05, 0.1) is 5.02 Å². The molecule has 0 bridgehead atoms. The number of nitrogens with one attached hydrogen (secondary N) is 2. The molecule has 4 nitrogen and oxygen atoms in total. The van der Waals surface area contributed by atoms with E-state index >= 15 is 0 Å². The Morgan fingerprint density at radius 3 is 2.95 bits per heavy atom. The highest BCUT2D eigenvalue weighted by Gasteiger charge is 2.20. The molecule has 1 aliphatic heterocycles. The van der Waals surface area contributed by atoms with Crippen LogP contribution in [0.2, 0.25) is 5.02 Å². The molecule has 19 heavy (non-hydrogen) atoms. The summed E-state index contributed by atoms with van der Waals surface area (Å²) in [7, 11) is 0. The summed E-state index contributed by atoms with van der Waals surface area (Å²) in [5.41, 5.74) is 1.05. The van der Waals surface area contributed by atoms with Crippen LogP contribution < -0.4 is 15.4 Å². The number of hydrogen-bond donors (Lipinski definition) is 2. The van der Waals surface area contributed by atoms with Gasteiger partial charge in [-0.05, 0) is 31.5 Å². The van der Waals surface area contributed by atoms with Crippen molar-refractivity contribution in [2.24, 2.45) is 5.92 Å². The van der Waals surface area contributed by atoms with E-state index in [2.05, 4.69) is 10.6 Å². The number of aryl methyl sites for hydroxylation is 1. The van der Waals surface area contributed by atoms with E-state index < -0.39 is 6.10 Å². The van der Waals surface area contributed by atoms with Gasteiger partial charge in [0.15, 0.2) is 6.10 Å². The summed E-state index contributed by atoms with van der Waals surface area (Å²) in [4.78, 5) is 11.9. The van der Waals surface area contributed by atoms with Crippen LogP contribution in [0.3, 0.4) is 0 Å². The average molecular weight is 283 g/mol. The molecule has 1 aromatic carbocycles. The van der Waals surface area contributed by atoms with Gasteiger partial charge in [0.25, 0.3) is 5.91 Å². The molecule has 0 radical (unpaired) electrons. The zero-order valence-corrected chi connectivity index (χ0v) is 12.0. The molecule has 1 unspecified atom stereocenters. The third-order valence-corrected chi connectivity index (χ3v) is 3.50. The molecule has 0 aromatic heterocycles. The van der Waals surface area contributed by atoms with E-state index in [0.29, 0.717) is 23.2 Å². The molecule has 1 saturated heterocycles. The normalized spacial score (nSPS) is 16.6. The van der Waals surface area contributed by atoms with E-state index in [4.69, 9.17) is 16.3 Å². The van der Waals surface area contributed by atoms with Crippen molar-refractivity contribution in [3.05, 3.63) is 28.8 Å². The van der Waals surface area contributed by atoms with E-state index in [1.807, 2.05) is 19.1 Å². The molecule has 0 saturated carbocycles. The smallest absolute Gasteiger partial charge is 0.260 e. The first-order chi connectivity index (χ1) is 9.06. The van der Waals surface area contributed by atoms with Crippen LogP contribution in [0.15, 0.2) is 18.2 Å². The molecule has 1 fully saturated rings. The van der Waals surface area contributed by atoms with Gasteiger partial charge in [0.2, 0.25) is 0 Å². The van der Waals surface area contributed by atoms with Crippen LogP contribution in [0.25, 0.3) is 0 Å². The molecule has 1 amide bonds. The van der Waals surface area contributed by atoms with Crippen molar-refractivity contribution in [3.63, 3.8) is 0 Å². The van der Waals surface area contributed by atoms with Gasteiger partial charge in [-0.15, -0.1) is 0 Å². The van der Waals surface area contributed by atoms with Crippen molar-refractivity contribution in [2.75, 3.05) is 19.6 Å². The summed E-state index contributed by atoms with van der Waals surface area (Å²) in [6.07, 6.45) is -0.549. The summed E-state index contributed by atoms with van der Waals surface area (Å²) < 4.78 is 5.61. The monoisotopic (exact) mass is 282 g/mol. The summed E-state index contributed by atoms with van der Waals surface area (Å²) in [6, 6.07) is 5.52. The van der Waals surface area contributed by atoms with Gasteiger partial charge in [-0.1, -0.05) is 17.7 Å². The van der Waals surface area contributed by atoms with Crippen molar-refractivity contribution in [1.82, 2.24) is 10.6 Å². The number of rotatable bonds is 5. The molecule has 2 rings (SSSR count). The van der Waals surface area contributed by atoms with E-state index in [0.717, 1.165) is 18.7 Å².